The summed E-state index contributed by atoms with van der Waals surface area (Å²) in [6.45, 7) is 2.54. The van der Waals surface area contributed by atoms with Gasteiger partial charge in [0.2, 0.25) is 5.91 Å². The molecule has 1 amide bonds. The molecule has 0 heterocycles. The molecule has 0 N–H and O–H groups in total. The van der Waals surface area contributed by atoms with E-state index in [0.29, 0.717) is 13.0 Å². The van der Waals surface area contributed by atoms with Gasteiger partial charge in [0.05, 0.1) is 0 Å². The standard InChI is InChI=1S/C17H35NO3S.Na/c1-3-4-5-6-7-8-9-10-11-12-13-14-17(19)18(2)15-16-22(20)21;/h3-16H2,1-2H3,(H,20,21);/q;+1/p-1. The van der Waals surface area contributed by atoms with E-state index in [1.807, 2.05) is 0 Å². The van der Waals surface area contributed by atoms with E-state index in [1.54, 1.807) is 7.05 Å². The molecule has 0 aliphatic heterocycles. The molecule has 0 fully saturated rings. The summed E-state index contributed by atoms with van der Waals surface area (Å²) < 4.78 is 20.9. The third-order valence-electron chi connectivity index (χ3n) is 4.01. The second-order valence-electron chi connectivity index (χ2n) is 6.11. The normalized spacial score (nSPS) is 11.8. The van der Waals surface area contributed by atoms with Gasteiger partial charge < -0.3 is 9.45 Å². The largest absolute Gasteiger partial charge is 1.00 e. The minimum absolute atomic E-state index is 0. The Morgan fingerprint density at radius 3 is 1.78 bits per heavy atom. The second kappa shape index (κ2) is 18.9. The summed E-state index contributed by atoms with van der Waals surface area (Å²) in [6.07, 6.45) is 14.5. The van der Waals surface area contributed by atoms with Crippen LogP contribution in [0, 0.1) is 0 Å². The van der Waals surface area contributed by atoms with Gasteiger partial charge in [0.1, 0.15) is 0 Å². The minimum atomic E-state index is -2.06. The molecule has 6 heteroatoms. The van der Waals surface area contributed by atoms with Crippen LogP contribution in [0.4, 0.5) is 0 Å². The predicted molar refractivity (Wildman–Crippen MR) is 92.5 cm³/mol. The number of hydrogen-bond donors (Lipinski definition) is 0. The van der Waals surface area contributed by atoms with Crippen molar-refractivity contribution >= 4 is 17.0 Å². The Balaban J connectivity index is 0. The first-order chi connectivity index (χ1) is 10.6. The predicted octanol–water partition coefficient (Wildman–Crippen LogP) is 1.03. The average molecular weight is 356 g/mol. The quantitative estimate of drug-likeness (QED) is 0.250. The molecule has 1 atom stereocenters. The van der Waals surface area contributed by atoms with Gasteiger partial charge in [0, 0.05) is 25.8 Å². The number of hydrogen-bond acceptors (Lipinski definition) is 3. The van der Waals surface area contributed by atoms with E-state index in [0.717, 1.165) is 12.8 Å². The average Bonchev–Trinajstić information content (AvgIpc) is 2.49. The molecule has 0 saturated carbocycles. The van der Waals surface area contributed by atoms with Crippen molar-refractivity contribution in [3.05, 3.63) is 0 Å². The van der Waals surface area contributed by atoms with Gasteiger partial charge >= 0.3 is 29.6 Å². The monoisotopic (exact) mass is 355 g/mol. The number of nitrogens with zero attached hydrogens (tertiary/aromatic N) is 1. The maximum atomic E-state index is 11.7. The molecule has 0 aromatic heterocycles. The van der Waals surface area contributed by atoms with Gasteiger partial charge in [0.25, 0.3) is 0 Å². The molecule has 4 nitrogen and oxygen atoms in total. The molecule has 0 radical (unpaired) electrons. The fourth-order valence-electron chi connectivity index (χ4n) is 2.47. The molecule has 0 saturated heterocycles. The molecule has 0 spiro atoms. The number of carbonyl (C=O) groups is 1. The fourth-order valence-corrected chi connectivity index (χ4v) is 2.89. The first-order valence-electron chi connectivity index (χ1n) is 8.87. The van der Waals surface area contributed by atoms with E-state index in [1.165, 1.54) is 62.7 Å². The Morgan fingerprint density at radius 1 is 0.913 bits per heavy atom. The van der Waals surface area contributed by atoms with Crippen molar-refractivity contribution in [3.63, 3.8) is 0 Å². The Labute approximate surface area is 167 Å². The molecule has 1 unspecified atom stereocenters. The third kappa shape index (κ3) is 18.8. The molecular weight excluding hydrogens is 321 g/mol. The van der Waals surface area contributed by atoms with E-state index in [4.69, 9.17) is 0 Å². The summed E-state index contributed by atoms with van der Waals surface area (Å²) in [7, 11) is 1.67. The Kier molecular flexibility index (Phi) is 21.2. The maximum Gasteiger partial charge on any atom is 1.00 e. The molecule has 23 heavy (non-hydrogen) atoms. The van der Waals surface area contributed by atoms with Crippen LogP contribution in [0.15, 0.2) is 0 Å². The summed E-state index contributed by atoms with van der Waals surface area (Å²) >= 11 is -2.06. The van der Waals surface area contributed by atoms with Gasteiger partial charge in [-0.1, -0.05) is 82.2 Å². The number of unbranched alkanes of at least 4 members (excludes halogenated alkanes) is 10. The topological polar surface area (TPSA) is 60.4 Å². The molecule has 132 valence electrons. The molecular formula is C17H34NNaO3S. The van der Waals surface area contributed by atoms with Crippen LogP contribution in [-0.4, -0.2) is 38.9 Å². The third-order valence-corrected chi connectivity index (χ3v) is 4.53. The molecule has 0 aliphatic rings. The van der Waals surface area contributed by atoms with Crippen LogP contribution in [0.5, 0.6) is 0 Å². The minimum Gasteiger partial charge on any atom is -0.772 e. The molecule has 0 aliphatic carbocycles. The van der Waals surface area contributed by atoms with E-state index in [-0.39, 0.29) is 41.2 Å². The molecule has 0 aromatic carbocycles. The van der Waals surface area contributed by atoms with Gasteiger partial charge in [-0.25, -0.2) is 0 Å². The summed E-state index contributed by atoms with van der Waals surface area (Å²) in [5.74, 6) is 0.0851. The number of carbonyl (C=O) groups excluding carboxylic acids is 1. The fraction of sp³-hybridized carbons (Fsp3) is 0.941. The number of rotatable bonds is 15. The summed E-state index contributed by atoms with van der Waals surface area (Å²) in [5.41, 5.74) is 0. The summed E-state index contributed by atoms with van der Waals surface area (Å²) in [5, 5.41) is 0. The molecule has 0 rings (SSSR count). The smallest absolute Gasteiger partial charge is 0.772 e. The Hall–Kier alpha value is 0.580. The van der Waals surface area contributed by atoms with Crippen molar-refractivity contribution in [2.75, 3.05) is 19.3 Å². The van der Waals surface area contributed by atoms with Crippen molar-refractivity contribution < 1.29 is 43.1 Å². The van der Waals surface area contributed by atoms with Crippen molar-refractivity contribution in [2.45, 2.75) is 84.0 Å². The van der Waals surface area contributed by atoms with E-state index in [2.05, 4.69) is 6.92 Å². The van der Waals surface area contributed by atoms with Crippen LogP contribution in [0.25, 0.3) is 0 Å². The van der Waals surface area contributed by atoms with Crippen LogP contribution < -0.4 is 29.6 Å². The van der Waals surface area contributed by atoms with Crippen LogP contribution >= 0.6 is 0 Å². The van der Waals surface area contributed by atoms with Gasteiger partial charge in [-0.2, -0.15) is 0 Å². The molecule has 0 bridgehead atoms. The van der Waals surface area contributed by atoms with Crippen molar-refractivity contribution in [1.29, 1.82) is 0 Å². The number of amides is 1. The zero-order valence-corrected chi connectivity index (χ0v) is 18.3. The van der Waals surface area contributed by atoms with Crippen molar-refractivity contribution in [1.82, 2.24) is 4.90 Å². The first kappa shape index (κ1) is 25.8. The maximum absolute atomic E-state index is 11.7. The van der Waals surface area contributed by atoms with Crippen LogP contribution in [0.3, 0.4) is 0 Å². The van der Waals surface area contributed by atoms with Crippen LogP contribution in [-0.2, 0) is 15.9 Å². The first-order valence-corrected chi connectivity index (χ1v) is 10.1. The van der Waals surface area contributed by atoms with Crippen molar-refractivity contribution in [2.24, 2.45) is 0 Å². The zero-order valence-electron chi connectivity index (χ0n) is 15.5. The van der Waals surface area contributed by atoms with Gasteiger partial charge in [-0.05, 0) is 6.42 Å². The van der Waals surface area contributed by atoms with Crippen molar-refractivity contribution in [3.8, 4) is 0 Å². The second-order valence-corrected chi connectivity index (χ2v) is 7.12. The van der Waals surface area contributed by atoms with E-state index >= 15 is 0 Å². The van der Waals surface area contributed by atoms with Crippen LogP contribution in [0.2, 0.25) is 0 Å². The van der Waals surface area contributed by atoms with E-state index < -0.39 is 11.1 Å². The summed E-state index contributed by atoms with van der Waals surface area (Å²) in [4.78, 5) is 13.3. The van der Waals surface area contributed by atoms with E-state index in [9.17, 15) is 13.6 Å². The van der Waals surface area contributed by atoms with Gasteiger partial charge in [0.15, 0.2) is 0 Å². The van der Waals surface area contributed by atoms with Crippen LogP contribution in [0.1, 0.15) is 84.0 Å². The van der Waals surface area contributed by atoms with Gasteiger partial charge in [-0.15, -0.1) is 0 Å². The van der Waals surface area contributed by atoms with Gasteiger partial charge in [-0.3, -0.25) is 9.00 Å². The summed E-state index contributed by atoms with van der Waals surface area (Å²) in [6, 6.07) is 0. The Bertz CT molecular complexity index is 304. The Morgan fingerprint density at radius 2 is 1.35 bits per heavy atom. The zero-order chi connectivity index (χ0) is 16.6. The SMILES string of the molecule is CCCCCCCCCCCCCC(=O)N(C)CCS(=O)[O-].[Na+]. The molecule has 0 aromatic rings.